The summed E-state index contributed by atoms with van der Waals surface area (Å²) in [6.45, 7) is 11.4. The zero-order valence-corrected chi connectivity index (χ0v) is 24.1. The molecule has 0 saturated carbocycles. The Morgan fingerprint density at radius 1 is 1.12 bits per heavy atom. The first kappa shape index (κ1) is 29.3. The fraction of sp³-hybridized carbons (Fsp3) is 0.241. The minimum atomic E-state index is -0.0932. The van der Waals surface area contributed by atoms with Gasteiger partial charge in [0, 0.05) is 40.4 Å². The Labute approximate surface area is 246 Å². The Bertz CT molecular complexity index is 1510. The van der Waals surface area contributed by atoms with Crippen LogP contribution in [0.4, 0.5) is 11.5 Å². The average molecular weight is 592 g/mol. The highest BCUT2D eigenvalue weighted by atomic mass is 35.5. The topological polar surface area (TPSA) is 105 Å². The number of aliphatic hydroxyl groups is 1. The standard InChI is InChI=1S/C29H26ClN5O3S2/c1-3-37-14-12-33-27-26(32-2)25(19-6-10-23(11-7-19)38-15-13-36)24(16-31)29(35-27)40-18-22-17-39-28(34-22)20-4-8-21(30)9-5-20/h4-11,17,36H,3,12-15,18H2,1H3,(H,33,35). The van der Waals surface area contributed by atoms with Crippen molar-refractivity contribution < 1.29 is 14.6 Å². The summed E-state index contributed by atoms with van der Waals surface area (Å²) in [6, 6.07) is 16.9. The normalized spacial score (nSPS) is 10.6. The van der Waals surface area contributed by atoms with Crippen LogP contribution >= 0.6 is 34.7 Å². The smallest absolute Gasteiger partial charge is 0.237 e. The van der Waals surface area contributed by atoms with Crippen molar-refractivity contribution in [2.24, 2.45) is 0 Å². The minimum Gasteiger partial charge on any atom is -0.491 e. The minimum absolute atomic E-state index is 0.0932. The van der Waals surface area contributed by atoms with Gasteiger partial charge in [-0.2, -0.15) is 5.26 Å². The zero-order valence-electron chi connectivity index (χ0n) is 21.7. The van der Waals surface area contributed by atoms with Crippen LogP contribution in [0.1, 0.15) is 18.2 Å². The number of rotatable bonds is 13. The van der Waals surface area contributed by atoms with Crippen LogP contribution in [0.5, 0.6) is 5.75 Å². The van der Waals surface area contributed by atoms with Crippen molar-refractivity contribution >= 4 is 46.2 Å². The van der Waals surface area contributed by atoms with E-state index in [2.05, 4.69) is 16.2 Å². The van der Waals surface area contributed by atoms with Gasteiger partial charge in [-0.3, -0.25) is 0 Å². The van der Waals surface area contributed by atoms with Gasteiger partial charge in [0.1, 0.15) is 34.3 Å². The van der Waals surface area contributed by atoms with Gasteiger partial charge in [-0.15, -0.1) is 11.3 Å². The van der Waals surface area contributed by atoms with E-state index >= 15 is 0 Å². The third-order valence-corrected chi connectivity index (χ3v) is 7.81. The number of ether oxygens (including phenoxy) is 2. The maximum atomic E-state index is 10.2. The predicted octanol–water partition coefficient (Wildman–Crippen LogP) is 7.06. The third-order valence-electron chi connectivity index (χ3n) is 5.61. The SMILES string of the molecule is [C-]#[N+]c1c(NCCOCC)nc(SCc2csc(-c3ccc(Cl)cc3)n2)c(C#N)c1-c1ccc(OCCO)cc1. The number of hydrogen-bond acceptors (Lipinski definition) is 9. The van der Waals surface area contributed by atoms with Gasteiger partial charge in [0.15, 0.2) is 0 Å². The van der Waals surface area contributed by atoms with Crippen molar-refractivity contribution in [3.8, 4) is 33.5 Å². The second-order valence-electron chi connectivity index (χ2n) is 8.25. The number of halogens is 1. The van der Waals surface area contributed by atoms with Gasteiger partial charge in [0.25, 0.3) is 0 Å². The maximum absolute atomic E-state index is 10.2. The van der Waals surface area contributed by atoms with Crippen LogP contribution < -0.4 is 10.1 Å². The van der Waals surface area contributed by atoms with Crippen LogP contribution in [-0.2, 0) is 10.5 Å². The van der Waals surface area contributed by atoms with E-state index in [9.17, 15) is 5.26 Å². The van der Waals surface area contributed by atoms with Crippen LogP contribution in [-0.4, -0.2) is 48.0 Å². The van der Waals surface area contributed by atoms with E-state index < -0.39 is 0 Å². The Hall–Kier alpha value is -3.64. The number of thioether (sulfide) groups is 1. The van der Waals surface area contributed by atoms with E-state index in [0.717, 1.165) is 16.3 Å². The summed E-state index contributed by atoms with van der Waals surface area (Å²) < 4.78 is 10.9. The number of nitriles is 1. The molecular formula is C29H26ClN5O3S2. The van der Waals surface area contributed by atoms with Crippen LogP contribution in [0, 0.1) is 17.9 Å². The zero-order chi connectivity index (χ0) is 28.3. The van der Waals surface area contributed by atoms with E-state index in [0.29, 0.717) is 63.8 Å². The highest BCUT2D eigenvalue weighted by Gasteiger charge is 2.22. The summed E-state index contributed by atoms with van der Waals surface area (Å²) in [5, 5.41) is 26.5. The molecule has 0 aliphatic carbocycles. The molecule has 40 heavy (non-hydrogen) atoms. The quantitative estimate of drug-likeness (QED) is 0.0967. The Morgan fingerprint density at radius 3 is 2.55 bits per heavy atom. The van der Waals surface area contributed by atoms with E-state index in [4.69, 9.17) is 42.7 Å². The van der Waals surface area contributed by atoms with Gasteiger partial charge in [-0.05, 0) is 36.8 Å². The summed E-state index contributed by atoms with van der Waals surface area (Å²) in [7, 11) is 0. The summed E-state index contributed by atoms with van der Waals surface area (Å²) >= 11 is 8.96. The molecule has 2 N–H and O–H groups in total. The van der Waals surface area contributed by atoms with Crippen LogP contribution in [0.2, 0.25) is 5.02 Å². The molecule has 4 aromatic rings. The number of benzene rings is 2. The molecule has 0 unspecified atom stereocenters. The van der Waals surface area contributed by atoms with Crippen molar-refractivity contribution in [1.29, 1.82) is 5.26 Å². The summed E-state index contributed by atoms with van der Waals surface area (Å²) in [5.74, 6) is 1.47. The third kappa shape index (κ3) is 7.30. The molecule has 11 heteroatoms. The lowest BCUT2D eigenvalue weighted by atomic mass is 9.99. The molecular weight excluding hydrogens is 566 g/mol. The first-order valence-electron chi connectivity index (χ1n) is 12.4. The average Bonchev–Trinajstić information content (AvgIpc) is 3.46. The van der Waals surface area contributed by atoms with Gasteiger partial charge in [0.05, 0.1) is 31.0 Å². The summed E-state index contributed by atoms with van der Waals surface area (Å²) in [4.78, 5) is 13.2. The van der Waals surface area contributed by atoms with Crippen LogP contribution in [0.3, 0.4) is 0 Å². The fourth-order valence-electron chi connectivity index (χ4n) is 3.78. The number of nitrogens with zero attached hydrogens (tertiary/aromatic N) is 4. The van der Waals surface area contributed by atoms with Crippen molar-refractivity contribution in [1.82, 2.24) is 9.97 Å². The number of thiazole rings is 1. The van der Waals surface area contributed by atoms with Gasteiger partial charge < -0.3 is 19.9 Å². The van der Waals surface area contributed by atoms with E-state index in [1.54, 1.807) is 24.3 Å². The molecule has 0 fully saturated rings. The Kier molecular flexibility index (Phi) is 10.8. The Morgan fingerprint density at radius 2 is 1.88 bits per heavy atom. The molecule has 0 aliphatic heterocycles. The lowest BCUT2D eigenvalue weighted by Gasteiger charge is -2.16. The molecule has 204 valence electrons. The maximum Gasteiger partial charge on any atom is 0.237 e. The number of anilines is 1. The van der Waals surface area contributed by atoms with Gasteiger partial charge in [-0.25, -0.2) is 14.8 Å². The van der Waals surface area contributed by atoms with Crippen molar-refractivity contribution in [3.05, 3.63) is 81.6 Å². The molecule has 0 saturated heterocycles. The van der Waals surface area contributed by atoms with E-state index in [1.165, 1.54) is 23.1 Å². The monoisotopic (exact) mass is 591 g/mol. The largest absolute Gasteiger partial charge is 0.491 e. The van der Waals surface area contributed by atoms with Crippen molar-refractivity contribution in [2.45, 2.75) is 17.7 Å². The number of aliphatic hydroxyl groups excluding tert-OH is 1. The molecule has 0 bridgehead atoms. The van der Waals surface area contributed by atoms with E-state index in [-0.39, 0.29) is 18.9 Å². The Balaban J connectivity index is 1.68. The molecule has 2 aromatic carbocycles. The molecule has 4 rings (SSSR count). The highest BCUT2D eigenvalue weighted by molar-refractivity contribution is 7.98. The van der Waals surface area contributed by atoms with Gasteiger partial charge in [0.2, 0.25) is 5.69 Å². The molecule has 0 aliphatic rings. The molecule has 0 amide bonds. The molecule has 0 atom stereocenters. The second-order valence-corrected chi connectivity index (χ2v) is 10.5. The predicted molar refractivity (Wildman–Crippen MR) is 160 cm³/mol. The fourth-order valence-corrected chi connectivity index (χ4v) is 5.72. The van der Waals surface area contributed by atoms with Crippen molar-refractivity contribution in [2.75, 3.05) is 38.3 Å². The summed E-state index contributed by atoms with van der Waals surface area (Å²) in [5.41, 5.74) is 3.62. The van der Waals surface area contributed by atoms with Crippen molar-refractivity contribution in [3.63, 3.8) is 0 Å². The highest BCUT2D eigenvalue weighted by Crippen LogP contribution is 2.43. The number of aromatic nitrogens is 2. The van der Waals surface area contributed by atoms with Gasteiger partial charge >= 0.3 is 0 Å². The molecule has 8 nitrogen and oxygen atoms in total. The first-order valence-corrected chi connectivity index (χ1v) is 14.7. The van der Waals surface area contributed by atoms with Gasteiger partial charge in [-0.1, -0.05) is 47.6 Å². The molecule has 0 radical (unpaired) electrons. The molecule has 2 aromatic heterocycles. The summed E-state index contributed by atoms with van der Waals surface area (Å²) in [6.07, 6.45) is 0. The van der Waals surface area contributed by atoms with Crippen LogP contribution in [0.25, 0.3) is 26.5 Å². The number of pyridine rings is 1. The van der Waals surface area contributed by atoms with Crippen LogP contribution in [0.15, 0.2) is 58.9 Å². The number of nitrogens with one attached hydrogen (secondary N) is 1. The second kappa shape index (κ2) is 14.7. The molecule has 2 heterocycles. The lowest BCUT2D eigenvalue weighted by molar-refractivity contribution is 0.158. The van der Waals surface area contributed by atoms with E-state index in [1.807, 2.05) is 36.6 Å². The number of hydrogen-bond donors (Lipinski definition) is 2. The molecule has 0 spiro atoms. The lowest BCUT2D eigenvalue weighted by Crippen LogP contribution is -2.11. The first-order chi connectivity index (χ1) is 19.6.